The average molecular weight is 239 g/mol. The second-order valence-electron chi connectivity index (χ2n) is 4.72. The summed E-state index contributed by atoms with van der Waals surface area (Å²) in [7, 11) is 0. The number of aliphatic hydroxyl groups is 1. The maximum absolute atomic E-state index is 10.4. The molecule has 2 aromatic rings. The van der Waals surface area contributed by atoms with Gasteiger partial charge in [0.05, 0.1) is 0 Å². The van der Waals surface area contributed by atoms with E-state index in [2.05, 4.69) is 36.5 Å². The van der Waals surface area contributed by atoms with Crippen molar-refractivity contribution in [2.45, 2.75) is 19.4 Å². The summed E-state index contributed by atoms with van der Waals surface area (Å²) in [5.74, 6) is 0. The third-order valence-electron chi connectivity index (χ3n) is 3.47. The first-order valence-corrected chi connectivity index (χ1v) is 6.46. The van der Waals surface area contributed by atoms with Crippen molar-refractivity contribution in [1.82, 2.24) is 0 Å². The lowest BCUT2D eigenvalue weighted by Crippen LogP contribution is -2.01. The molecular weight excluding hydrogens is 222 g/mol. The normalized spacial score (nSPS) is 16.2. The molecule has 0 amide bonds. The topological polar surface area (TPSA) is 32.3 Å². The monoisotopic (exact) mass is 239 g/mol. The van der Waals surface area contributed by atoms with Crippen LogP contribution in [0.4, 0.5) is 5.69 Å². The zero-order chi connectivity index (χ0) is 12.5. The fourth-order valence-corrected chi connectivity index (χ4v) is 2.56. The van der Waals surface area contributed by atoms with Crippen LogP contribution in [-0.4, -0.2) is 11.7 Å². The molecule has 0 heterocycles. The van der Waals surface area contributed by atoms with Crippen molar-refractivity contribution in [3.8, 4) is 11.1 Å². The molecule has 18 heavy (non-hydrogen) atoms. The van der Waals surface area contributed by atoms with Crippen LogP contribution in [0.2, 0.25) is 0 Å². The molecule has 0 saturated heterocycles. The Bertz CT molecular complexity index is 577. The zero-order valence-electron chi connectivity index (χ0n) is 10.5. The Hall–Kier alpha value is -1.80. The summed E-state index contributed by atoms with van der Waals surface area (Å²) in [4.78, 5) is 0. The molecule has 2 heteroatoms. The van der Waals surface area contributed by atoms with Gasteiger partial charge in [0.15, 0.2) is 0 Å². The van der Waals surface area contributed by atoms with Gasteiger partial charge in [-0.05, 0) is 40.8 Å². The highest BCUT2D eigenvalue weighted by Gasteiger charge is 2.26. The number of hydrogen-bond donors (Lipinski definition) is 2. The van der Waals surface area contributed by atoms with E-state index in [4.69, 9.17) is 0 Å². The molecule has 92 valence electrons. The number of fused-ring (bicyclic) bond motifs is 3. The Morgan fingerprint density at radius 1 is 1.06 bits per heavy atom. The van der Waals surface area contributed by atoms with E-state index < -0.39 is 6.10 Å². The molecule has 3 rings (SSSR count). The fourth-order valence-electron chi connectivity index (χ4n) is 2.56. The molecule has 1 aliphatic carbocycles. The van der Waals surface area contributed by atoms with E-state index in [-0.39, 0.29) is 0 Å². The van der Waals surface area contributed by atoms with E-state index in [1.54, 1.807) is 0 Å². The van der Waals surface area contributed by atoms with Crippen molar-refractivity contribution in [3.05, 3.63) is 53.6 Å². The summed E-state index contributed by atoms with van der Waals surface area (Å²) in [6.07, 6.45) is 0.611. The van der Waals surface area contributed by atoms with Gasteiger partial charge in [-0.2, -0.15) is 0 Å². The highest BCUT2D eigenvalue weighted by Crippen LogP contribution is 2.43. The second-order valence-corrected chi connectivity index (χ2v) is 4.72. The molecule has 0 spiro atoms. The third kappa shape index (κ3) is 1.70. The minimum Gasteiger partial charge on any atom is -0.385 e. The lowest BCUT2D eigenvalue weighted by Gasteiger charge is -2.09. The highest BCUT2D eigenvalue weighted by molar-refractivity contribution is 5.79. The third-order valence-corrected chi connectivity index (χ3v) is 3.47. The summed E-state index contributed by atoms with van der Waals surface area (Å²) in [6.45, 7) is 3.10. The van der Waals surface area contributed by atoms with Gasteiger partial charge in [-0.15, -0.1) is 0 Å². The molecule has 0 fully saturated rings. The molecule has 1 aliphatic rings. The lowest BCUT2D eigenvalue weighted by molar-refractivity contribution is 0.225. The SMILES string of the molecule is CCCNc1ccc2c(c1)C(O)c1ccccc1-2. The quantitative estimate of drug-likeness (QED) is 0.858. The molecule has 0 saturated carbocycles. The van der Waals surface area contributed by atoms with Crippen LogP contribution >= 0.6 is 0 Å². The summed E-state index contributed by atoms with van der Waals surface area (Å²) in [5, 5.41) is 13.7. The van der Waals surface area contributed by atoms with Gasteiger partial charge in [0, 0.05) is 12.2 Å². The van der Waals surface area contributed by atoms with Crippen molar-refractivity contribution in [2.75, 3.05) is 11.9 Å². The molecule has 0 bridgehead atoms. The average Bonchev–Trinajstić information content (AvgIpc) is 2.71. The molecule has 2 nitrogen and oxygen atoms in total. The number of anilines is 1. The van der Waals surface area contributed by atoms with E-state index in [0.717, 1.165) is 40.9 Å². The van der Waals surface area contributed by atoms with Gasteiger partial charge in [0.2, 0.25) is 0 Å². The van der Waals surface area contributed by atoms with Gasteiger partial charge in [0.1, 0.15) is 6.10 Å². The van der Waals surface area contributed by atoms with Gasteiger partial charge in [-0.25, -0.2) is 0 Å². The Labute approximate surface area is 107 Å². The van der Waals surface area contributed by atoms with Crippen molar-refractivity contribution in [2.24, 2.45) is 0 Å². The largest absolute Gasteiger partial charge is 0.385 e. The molecule has 0 radical (unpaired) electrons. The van der Waals surface area contributed by atoms with E-state index in [0.29, 0.717) is 0 Å². The van der Waals surface area contributed by atoms with E-state index in [9.17, 15) is 5.11 Å². The summed E-state index contributed by atoms with van der Waals surface area (Å²) >= 11 is 0. The van der Waals surface area contributed by atoms with Crippen LogP contribution < -0.4 is 5.32 Å². The number of benzene rings is 2. The molecular formula is C16H17NO. The van der Waals surface area contributed by atoms with Crippen LogP contribution in [-0.2, 0) is 0 Å². The zero-order valence-corrected chi connectivity index (χ0v) is 10.5. The Morgan fingerprint density at radius 3 is 2.67 bits per heavy atom. The predicted octanol–water partition coefficient (Wildman–Crippen LogP) is 3.57. The molecule has 2 N–H and O–H groups in total. The van der Waals surface area contributed by atoms with Crippen LogP contribution in [0.3, 0.4) is 0 Å². The molecule has 2 aromatic carbocycles. The Balaban J connectivity index is 2.03. The number of hydrogen-bond acceptors (Lipinski definition) is 2. The van der Waals surface area contributed by atoms with Crippen molar-refractivity contribution in [3.63, 3.8) is 0 Å². The Morgan fingerprint density at radius 2 is 1.83 bits per heavy atom. The highest BCUT2D eigenvalue weighted by atomic mass is 16.3. The fraction of sp³-hybridized carbons (Fsp3) is 0.250. The van der Waals surface area contributed by atoms with E-state index >= 15 is 0 Å². The van der Waals surface area contributed by atoms with Gasteiger partial charge in [-0.1, -0.05) is 37.3 Å². The minimum absolute atomic E-state index is 0.487. The van der Waals surface area contributed by atoms with Crippen molar-refractivity contribution in [1.29, 1.82) is 0 Å². The maximum Gasteiger partial charge on any atom is 0.105 e. The van der Waals surface area contributed by atoms with E-state index in [1.807, 2.05) is 18.2 Å². The standard InChI is InChI=1S/C16H17NO/c1-2-9-17-11-7-8-13-12-5-3-4-6-14(12)16(18)15(13)10-11/h3-8,10,16-18H,2,9H2,1H3. The molecule has 1 atom stereocenters. The molecule has 0 aliphatic heterocycles. The van der Waals surface area contributed by atoms with Crippen molar-refractivity contribution >= 4 is 5.69 Å². The Kier molecular flexibility index (Phi) is 2.80. The van der Waals surface area contributed by atoms with Gasteiger partial charge in [-0.3, -0.25) is 0 Å². The minimum atomic E-state index is -0.487. The molecule has 0 aromatic heterocycles. The van der Waals surface area contributed by atoms with Gasteiger partial charge in [0.25, 0.3) is 0 Å². The predicted molar refractivity (Wildman–Crippen MR) is 74.7 cm³/mol. The summed E-state index contributed by atoms with van der Waals surface area (Å²) < 4.78 is 0. The first-order valence-electron chi connectivity index (χ1n) is 6.46. The second kappa shape index (κ2) is 4.46. The summed E-state index contributed by atoms with van der Waals surface area (Å²) in [5.41, 5.74) is 5.42. The lowest BCUT2D eigenvalue weighted by atomic mass is 10.1. The van der Waals surface area contributed by atoms with Crippen LogP contribution in [0.1, 0.15) is 30.6 Å². The van der Waals surface area contributed by atoms with E-state index in [1.165, 1.54) is 0 Å². The smallest absolute Gasteiger partial charge is 0.105 e. The number of rotatable bonds is 3. The first-order chi connectivity index (χ1) is 8.81. The maximum atomic E-state index is 10.4. The first kappa shape index (κ1) is 11.3. The summed E-state index contributed by atoms with van der Waals surface area (Å²) in [6, 6.07) is 14.3. The van der Waals surface area contributed by atoms with Crippen LogP contribution in [0, 0.1) is 0 Å². The van der Waals surface area contributed by atoms with Gasteiger partial charge < -0.3 is 10.4 Å². The van der Waals surface area contributed by atoms with Crippen LogP contribution in [0.15, 0.2) is 42.5 Å². The van der Waals surface area contributed by atoms with Crippen LogP contribution in [0.25, 0.3) is 11.1 Å². The number of aliphatic hydroxyl groups excluding tert-OH is 1. The molecule has 1 unspecified atom stereocenters. The van der Waals surface area contributed by atoms with Crippen molar-refractivity contribution < 1.29 is 5.11 Å². The van der Waals surface area contributed by atoms with Gasteiger partial charge >= 0.3 is 0 Å². The number of nitrogens with one attached hydrogen (secondary N) is 1. The van der Waals surface area contributed by atoms with Crippen LogP contribution in [0.5, 0.6) is 0 Å².